The Morgan fingerprint density at radius 2 is 0.733 bits per heavy atom. The van der Waals surface area contributed by atoms with E-state index in [0.717, 1.165) is 11.1 Å². The maximum absolute atomic E-state index is 5.86. The van der Waals surface area contributed by atoms with Crippen LogP contribution in [0.1, 0.15) is 52.7 Å². The zero-order valence-electron chi connectivity index (χ0n) is 19.3. The van der Waals surface area contributed by atoms with E-state index in [1.54, 1.807) is 0 Å². The molecule has 0 aliphatic heterocycles. The van der Waals surface area contributed by atoms with Gasteiger partial charge in [0.2, 0.25) is 0 Å². The molecule has 0 aromatic heterocycles. The van der Waals surface area contributed by atoms with E-state index in [2.05, 4.69) is 0 Å². The molecule has 0 N–H and O–H groups in total. The molecule has 1 aromatic rings. The van der Waals surface area contributed by atoms with Crippen LogP contribution in [0.15, 0.2) is 35.7 Å². The Labute approximate surface area is 184 Å². The molecule has 0 fully saturated rings. The minimum atomic E-state index is -2.80. The standard InChI is InChI=1S/C22H38O6Si2/c1-7-23-29(24-8-2,25-9-3)19-17-21-13-15-22(16-14-21)18-20-30(26-10-4,27-11-5)28-12-6/h13-20H,7-12H2,1-6H3. The van der Waals surface area contributed by atoms with Crippen LogP contribution in [0.5, 0.6) is 0 Å². The summed E-state index contributed by atoms with van der Waals surface area (Å²) < 4.78 is 35.2. The number of hydrogen-bond donors (Lipinski definition) is 0. The molecule has 0 bridgehead atoms. The van der Waals surface area contributed by atoms with Gasteiger partial charge in [-0.15, -0.1) is 0 Å². The Kier molecular flexibility index (Phi) is 13.3. The van der Waals surface area contributed by atoms with Crippen molar-refractivity contribution in [2.45, 2.75) is 41.5 Å². The van der Waals surface area contributed by atoms with E-state index in [4.69, 9.17) is 26.6 Å². The second-order valence-electron chi connectivity index (χ2n) is 6.14. The molecule has 1 aromatic carbocycles. The third kappa shape index (κ3) is 8.95. The summed E-state index contributed by atoms with van der Waals surface area (Å²) in [6, 6.07) is 8.18. The van der Waals surface area contributed by atoms with E-state index in [-0.39, 0.29) is 0 Å². The van der Waals surface area contributed by atoms with Crippen LogP contribution in [0.2, 0.25) is 0 Å². The lowest BCUT2D eigenvalue weighted by Gasteiger charge is -2.25. The van der Waals surface area contributed by atoms with Crippen LogP contribution >= 0.6 is 0 Å². The highest BCUT2D eigenvalue weighted by molar-refractivity contribution is 6.67. The molecule has 0 atom stereocenters. The minimum Gasteiger partial charge on any atom is -0.371 e. The number of rotatable bonds is 16. The van der Waals surface area contributed by atoms with Gasteiger partial charge in [0.05, 0.1) is 0 Å². The van der Waals surface area contributed by atoms with Crippen molar-refractivity contribution in [2.24, 2.45) is 0 Å². The summed E-state index contributed by atoms with van der Waals surface area (Å²) in [6.07, 6.45) is 4.00. The summed E-state index contributed by atoms with van der Waals surface area (Å²) in [5.41, 5.74) is 5.99. The Balaban J connectivity index is 2.98. The van der Waals surface area contributed by atoms with Crippen LogP contribution in [-0.2, 0) is 26.6 Å². The van der Waals surface area contributed by atoms with Gasteiger partial charge in [0.25, 0.3) is 0 Å². The predicted octanol–water partition coefficient (Wildman–Crippen LogP) is 4.89. The van der Waals surface area contributed by atoms with Crippen LogP contribution < -0.4 is 0 Å². The fourth-order valence-electron chi connectivity index (χ4n) is 2.86. The number of benzene rings is 1. The fraction of sp³-hybridized carbons (Fsp3) is 0.545. The predicted molar refractivity (Wildman–Crippen MR) is 126 cm³/mol. The zero-order valence-corrected chi connectivity index (χ0v) is 21.3. The maximum atomic E-state index is 5.86. The molecule has 1 rings (SSSR count). The summed E-state index contributed by atoms with van der Waals surface area (Å²) in [5.74, 6) is 0. The Morgan fingerprint density at radius 3 is 0.933 bits per heavy atom. The van der Waals surface area contributed by atoms with Crippen LogP contribution in [0.4, 0.5) is 0 Å². The molecule has 0 heterocycles. The van der Waals surface area contributed by atoms with Gasteiger partial charge in [-0.2, -0.15) is 0 Å². The van der Waals surface area contributed by atoms with Gasteiger partial charge in [0.1, 0.15) is 0 Å². The number of hydrogen-bond acceptors (Lipinski definition) is 6. The molecule has 0 aliphatic rings. The van der Waals surface area contributed by atoms with Crippen molar-refractivity contribution in [1.82, 2.24) is 0 Å². The molecule has 0 saturated heterocycles. The fourth-order valence-corrected chi connectivity index (χ4v) is 7.15. The lowest BCUT2D eigenvalue weighted by atomic mass is 10.1. The third-order valence-corrected chi connectivity index (χ3v) is 9.27. The molecule has 0 aliphatic carbocycles. The second kappa shape index (κ2) is 14.8. The van der Waals surface area contributed by atoms with Crippen LogP contribution in [0.25, 0.3) is 12.2 Å². The van der Waals surface area contributed by atoms with Gasteiger partial charge in [-0.05, 0) is 64.1 Å². The highest BCUT2D eigenvalue weighted by Gasteiger charge is 2.38. The first kappa shape index (κ1) is 26.9. The normalized spacial score (nSPS) is 13.0. The average Bonchev–Trinajstić information content (AvgIpc) is 2.73. The van der Waals surface area contributed by atoms with Gasteiger partial charge >= 0.3 is 17.6 Å². The monoisotopic (exact) mass is 454 g/mol. The SMILES string of the molecule is CCO[Si](C=Cc1ccc(C=C[Si](OCC)(OCC)OCC)cc1)(OCC)OCC. The summed E-state index contributed by atoms with van der Waals surface area (Å²) in [4.78, 5) is 0. The molecule has 0 unspecified atom stereocenters. The van der Waals surface area contributed by atoms with Crippen molar-refractivity contribution in [3.05, 3.63) is 46.8 Å². The largest absolute Gasteiger partial charge is 0.529 e. The average molecular weight is 455 g/mol. The smallest absolute Gasteiger partial charge is 0.371 e. The molecule has 30 heavy (non-hydrogen) atoms. The molecule has 0 spiro atoms. The Hall–Kier alpha value is -1.11. The van der Waals surface area contributed by atoms with E-state index in [1.165, 1.54) is 0 Å². The van der Waals surface area contributed by atoms with Crippen molar-refractivity contribution in [2.75, 3.05) is 39.6 Å². The van der Waals surface area contributed by atoms with Crippen molar-refractivity contribution in [3.63, 3.8) is 0 Å². The molecule has 0 radical (unpaired) electrons. The van der Waals surface area contributed by atoms with Crippen molar-refractivity contribution >= 4 is 29.8 Å². The van der Waals surface area contributed by atoms with Crippen molar-refractivity contribution in [3.8, 4) is 0 Å². The van der Waals surface area contributed by atoms with E-state index < -0.39 is 17.6 Å². The summed E-state index contributed by atoms with van der Waals surface area (Å²) >= 11 is 0. The first-order chi connectivity index (χ1) is 14.5. The Morgan fingerprint density at radius 1 is 0.500 bits per heavy atom. The van der Waals surface area contributed by atoms with Crippen LogP contribution in [0, 0.1) is 0 Å². The van der Waals surface area contributed by atoms with Crippen molar-refractivity contribution < 1.29 is 26.6 Å². The third-order valence-electron chi connectivity index (χ3n) is 3.97. The summed E-state index contributed by atoms with van der Waals surface area (Å²) in [7, 11) is -5.60. The van der Waals surface area contributed by atoms with E-state index >= 15 is 0 Å². The first-order valence-electron chi connectivity index (χ1n) is 10.8. The molecule has 8 heteroatoms. The van der Waals surface area contributed by atoms with E-state index in [9.17, 15) is 0 Å². The van der Waals surface area contributed by atoms with Gasteiger partial charge in [0.15, 0.2) is 0 Å². The zero-order chi connectivity index (χ0) is 22.3. The molecule has 0 amide bonds. The van der Waals surface area contributed by atoms with Crippen LogP contribution in [-0.4, -0.2) is 57.3 Å². The molecule has 0 saturated carbocycles. The maximum Gasteiger partial charge on any atom is 0.529 e. The summed E-state index contributed by atoms with van der Waals surface area (Å²) in [6.45, 7) is 15.0. The Bertz CT molecular complexity index is 544. The minimum absolute atomic E-state index is 0.547. The van der Waals surface area contributed by atoms with Gasteiger partial charge < -0.3 is 26.6 Å². The quantitative estimate of drug-likeness (QED) is 0.332. The lowest BCUT2D eigenvalue weighted by Crippen LogP contribution is -2.44. The van der Waals surface area contributed by atoms with Gasteiger partial charge in [-0.3, -0.25) is 0 Å². The highest BCUT2D eigenvalue weighted by atomic mass is 28.4. The molecule has 6 nitrogen and oxygen atoms in total. The lowest BCUT2D eigenvalue weighted by molar-refractivity contribution is 0.0837. The van der Waals surface area contributed by atoms with E-state index in [1.807, 2.05) is 89.4 Å². The van der Waals surface area contributed by atoms with E-state index in [0.29, 0.717) is 39.6 Å². The van der Waals surface area contributed by atoms with Gasteiger partial charge in [-0.1, -0.05) is 36.4 Å². The summed E-state index contributed by atoms with van der Waals surface area (Å²) in [5, 5.41) is 0. The first-order valence-corrected chi connectivity index (χ1v) is 14.4. The van der Waals surface area contributed by atoms with Crippen molar-refractivity contribution in [1.29, 1.82) is 0 Å². The second-order valence-corrected chi connectivity index (χ2v) is 11.0. The topological polar surface area (TPSA) is 55.4 Å². The molecule has 170 valence electrons. The van der Waals surface area contributed by atoms with Crippen LogP contribution in [0.3, 0.4) is 0 Å². The van der Waals surface area contributed by atoms with Gasteiger partial charge in [0, 0.05) is 39.6 Å². The molecular weight excluding hydrogens is 416 g/mol. The molecular formula is C22H38O6Si2. The highest BCUT2D eigenvalue weighted by Crippen LogP contribution is 2.17. The van der Waals surface area contributed by atoms with Gasteiger partial charge in [-0.25, -0.2) is 0 Å².